The van der Waals surface area contributed by atoms with E-state index in [4.69, 9.17) is 0 Å². The van der Waals surface area contributed by atoms with E-state index in [1.54, 1.807) is 7.05 Å². The number of carbonyl (C=O) groups excluding carboxylic acids is 1. The number of aryl methyl sites for hydroxylation is 2. The van der Waals surface area contributed by atoms with Gasteiger partial charge in [0, 0.05) is 7.05 Å². The van der Waals surface area contributed by atoms with E-state index in [0.29, 0.717) is 6.41 Å². The largest absolute Gasteiger partial charge is 0.309 e. The van der Waals surface area contributed by atoms with Gasteiger partial charge in [-0.1, -0.05) is 12.1 Å². The second-order valence-electron chi connectivity index (χ2n) is 3.31. The summed E-state index contributed by atoms with van der Waals surface area (Å²) in [6.07, 6.45) is 2.23. The number of hydrogen-bond acceptors (Lipinski definition) is 2. The minimum absolute atomic E-state index is 0.717. The van der Waals surface area contributed by atoms with Crippen LogP contribution < -0.4 is 0 Å². The van der Waals surface area contributed by atoms with Gasteiger partial charge in [-0.25, -0.2) is 4.99 Å². The molecular formula is C11H14N2O. The van der Waals surface area contributed by atoms with Gasteiger partial charge in [0.15, 0.2) is 0 Å². The van der Waals surface area contributed by atoms with E-state index in [1.165, 1.54) is 11.2 Å². The van der Waals surface area contributed by atoms with Crippen LogP contribution in [0.4, 0.5) is 5.69 Å². The van der Waals surface area contributed by atoms with Crippen molar-refractivity contribution in [2.75, 3.05) is 7.05 Å². The summed E-state index contributed by atoms with van der Waals surface area (Å²) >= 11 is 0. The molecule has 0 aliphatic rings. The molecule has 0 bridgehead atoms. The first kappa shape index (κ1) is 10.4. The van der Waals surface area contributed by atoms with E-state index in [1.807, 2.05) is 32.0 Å². The quantitative estimate of drug-likeness (QED) is 0.408. The van der Waals surface area contributed by atoms with Gasteiger partial charge in [0.25, 0.3) is 0 Å². The summed E-state index contributed by atoms with van der Waals surface area (Å²) in [4.78, 5) is 15.9. The highest BCUT2D eigenvalue weighted by molar-refractivity contribution is 5.74. The Morgan fingerprint density at radius 2 is 2.07 bits per heavy atom. The first-order valence-electron chi connectivity index (χ1n) is 4.42. The number of rotatable bonds is 3. The minimum Gasteiger partial charge on any atom is -0.309 e. The Kier molecular flexibility index (Phi) is 3.40. The number of hydrogen-bond donors (Lipinski definition) is 0. The fourth-order valence-electron chi connectivity index (χ4n) is 1.04. The molecule has 0 spiro atoms. The monoisotopic (exact) mass is 190 g/mol. The lowest BCUT2D eigenvalue weighted by Gasteiger charge is -2.03. The zero-order valence-corrected chi connectivity index (χ0v) is 8.69. The molecule has 1 aromatic rings. The molecule has 0 fully saturated rings. The van der Waals surface area contributed by atoms with Crippen molar-refractivity contribution in [3.05, 3.63) is 29.3 Å². The molecule has 74 valence electrons. The molecule has 1 amide bonds. The highest BCUT2D eigenvalue weighted by atomic mass is 16.1. The molecule has 14 heavy (non-hydrogen) atoms. The van der Waals surface area contributed by atoms with E-state index in [-0.39, 0.29) is 0 Å². The lowest BCUT2D eigenvalue weighted by Crippen LogP contribution is -2.12. The van der Waals surface area contributed by atoms with Gasteiger partial charge in [0.1, 0.15) is 0 Å². The average Bonchev–Trinajstić information content (AvgIpc) is 2.19. The van der Waals surface area contributed by atoms with E-state index in [2.05, 4.69) is 4.99 Å². The molecule has 1 rings (SSSR count). The van der Waals surface area contributed by atoms with Crippen LogP contribution in [0.1, 0.15) is 11.1 Å². The van der Waals surface area contributed by atoms with Crippen molar-refractivity contribution in [2.45, 2.75) is 13.8 Å². The summed E-state index contributed by atoms with van der Waals surface area (Å²) in [7, 11) is 1.65. The van der Waals surface area contributed by atoms with Crippen LogP contribution in [-0.2, 0) is 4.79 Å². The van der Waals surface area contributed by atoms with Gasteiger partial charge in [-0.2, -0.15) is 0 Å². The fourth-order valence-corrected chi connectivity index (χ4v) is 1.04. The van der Waals surface area contributed by atoms with Crippen LogP contribution in [0.5, 0.6) is 0 Å². The van der Waals surface area contributed by atoms with Gasteiger partial charge in [-0.05, 0) is 31.0 Å². The summed E-state index contributed by atoms with van der Waals surface area (Å²) in [5, 5.41) is 0. The maximum absolute atomic E-state index is 10.3. The molecule has 1 aromatic carbocycles. The first-order chi connectivity index (χ1) is 6.63. The predicted molar refractivity (Wildman–Crippen MR) is 57.9 cm³/mol. The van der Waals surface area contributed by atoms with Gasteiger partial charge < -0.3 is 4.90 Å². The zero-order chi connectivity index (χ0) is 10.6. The molecule has 0 aromatic heterocycles. The summed E-state index contributed by atoms with van der Waals surface area (Å²) in [5.74, 6) is 0. The van der Waals surface area contributed by atoms with E-state index >= 15 is 0 Å². The highest BCUT2D eigenvalue weighted by Crippen LogP contribution is 2.18. The summed E-state index contributed by atoms with van der Waals surface area (Å²) in [5.41, 5.74) is 3.17. The Balaban J connectivity index is 2.90. The van der Waals surface area contributed by atoms with Crippen molar-refractivity contribution in [3.63, 3.8) is 0 Å². The lowest BCUT2D eigenvalue weighted by molar-refractivity contribution is -0.113. The van der Waals surface area contributed by atoms with Crippen molar-refractivity contribution in [1.82, 2.24) is 4.90 Å². The average molecular weight is 190 g/mol. The molecule has 0 unspecified atom stereocenters. The Morgan fingerprint density at radius 1 is 1.36 bits per heavy atom. The van der Waals surface area contributed by atoms with Crippen molar-refractivity contribution in [1.29, 1.82) is 0 Å². The molecule has 0 radical (unpaired) electrons. The van der Waals surface area contributed by atoms with Crippen LogP contribution in [0.3, 0.4) is 0 Å². The van der Waals surface area contributed by atoms with Gasteiger partial charge in [-0.15, -0.1) is 0 Å². The number of benzene rings is 1. The van der Waals surface area contributed by atoms with Crippen LogP contribution in [0.2, 0.25) is 0 Å². The van der Waals surface area contributed by atoms with Crippen LogP contribution in [0.15, 0.2) is 23.2 Å². The van der Waals surface area contributed by atoms with Gasteiger partial charge in [0.2, 0.25) is 6.41 Å². The minimum atomic E-state index is 0.717. The van der Waals surface area contributed by atoms with Crippen molar-refractivity contribution < 1.29 is 4.79 Å². The third-order valence-corrected chi connectivity index (χ3v) is 1.91. The summed E-state index contributed by atoms with van der Waals surface area (Å²) < 4.78 is 0. The molecule has 0 heterocycles. The molecule has 3 nitrogen and oxygen atoms in total. The molecule has 0 saturated carbocycles. The lowest BCUT2D eigenvalue weighted by atomic mass is 10.1. The van der Waals surface area contributed by atoms with Crippen LogP contribution in [0, 0.1) is 13.8 Å². The smallest absolute Gasteiger partial charge is 0.214 e. The van der Waals surface area contributed by atoms with Crippen LogP contribution in [0.25, 0.3) is 0 Å². The first-order valence-corrected chi connectivity index (χ1v) is 4.42. The SMILES string of the molecule is Cc1ccc(C)c(N=CN(C)C=O)c1. The Hall–Kier alpha value is -1.64. The summed E-state index contributed by atoms with van der Waals surface area (Å²) in [6.45, 7) is 4.01. The normalized spacial score (nSPS) is 10.5. The molecular weight excluding hydrogens is 176 g/mol. The Labute approximate surface area is 84.1 Å². The van der Waals surface area contributed by atoms with E-state index in [0.717, 1.165) is 16.8 Å². The highest BCUT2D eigenvalue weighted by Gasteiger charge is 1.95. The van der Waals surface area contributed by atoms with Gasteiger partial charge in [0.05, 0.1) is 12.0 Å². The second kappa shape index (κ2) is 4.56. The third kappa shape index (κ3) is 2.69. The number of amides is 1. The molecule has 0 aliphatic carbocycles. The van der Waals surface area contributed by atoms with Gasteiger partial charge in [-0.3, -0.25) is 4.79 Å². The van der Waals surface area contributed by atoms with Crippen LogP contribution in [-0.4, -0.2) is 24.7 Å². The van der Waals surface area contributed by atoms with Crippen molar-refractivity contribution >= 4 is 18.4 Å². The Morgan fingerprint density at radius 3 is 2.71 bits per heavy atom. The molecule has 3 heteroatoms. The van der Waals surface area contributed by atoms with E-state index in [9.17, 15) is 4.79 Å². The Bertz CT molecular complexity index is 358. The standard InChI is InChI=1S/C11H14N2O/c1-9-4-5-10(2)11(6-9)12-7-13(3)8-14/h4-8H,1-3H3. The van der Waals surface area contributed by atoms with Crippen LogP contribution >= 0.6 is 0 Å². The number of aliphatic imine (C=N–C) groups is 1. The number of nitrogens with zero attached hydrogens (tertiary/aromatic N) is 2. The van der Waals surface area contributed by atoms with Crippen molar-refractivity contribution in [3.8, 4) is 0 Å². The second-order valence-corrected chi connectivity index (χ2v) is 3.31. The van der Waals surface area contributed by atoms with Gasteiger partial charge >= 0.3 is 0 Å². The molecule has 0 N–H and O–H groups in total. The molecule has 0 atom stereocenters. The number of carbonyl (C=O) groups is 1. The third-order valence-electron chi connectivity index (χ3n) is 1.91. The maximum atomic E-state index is 10.3. The fraction of sp³-hybridized carbons (Fsp3) is 0.273. The maximum Gasteiger partial charge on any atom is 0.214 e. The topological polar surface area (TPSA) is 32.7 Å². The molecule has 0 saturated heterocycles. The zero-order valence-electron chi connectivity index (χ0n) is 8.69. The summed E-state index contributed by atoms with van der Waals surface area (Å²) in [6, 6.07) is 6.05. The predicted octanol–water partition coefficient (Wildman–Crippen LogP) is 2.05. The van der Waals surface area contributed by atoms with E-state index < -0.39 is 0 Å². The van der Waals surface area contributed by atoms with Crippen molar-refractivity contribution in [2.24, 2.45) is 4.99 Å². The molecule has 0 aliphatic heterocycles.